The van der Waals surface area contributed by atoms with Crippen molar-refractivity contribution in [2.75, 3.05) is 51.5 Å². The van der Waals surface area contributed by atoms with E-state index in [-0.39, 0.29) is 17.2 Å². The summed E-state index contributed by atoms with van der Waals surface area (Å²) < 4.78 is 0. The lowest BCUT2D eigenvalue weighted by Gasteiger charge is -2.19. The highest BCUT2D eigenvalue weighted by Crippen LogP contribution is 2.25. The first-order valence-corrected chi connectivity index (χ1v) is 10.8. The van der Waals surface area contributed by atoms with Crippen molar-refractivity contribution in [3.8, 4) is 0 Å². The lowest BCUT2D eigenvalue weighted by Crippen LogP contribution is -3.05. The zero-order valence-electron chi connectivity index (χ0n) is 19.9. The van der Waals surface area contributed by atoms with Crippen molar-refractivity contribution in [1.82, 2.24) is 5.32 Å². The van der Waals surface area contributed by atoms with Gasteiger partial charge < -0.3 is 20.4 Å². The Bertz CT molecular complexity index is 897. The second-order valence-electron chi connectivity index (χ2n) is 9.47. The minimum Gasteiger partial charge on any atom is -0.377 e. The zero-order chi connectivity index (χ0) is 23.2. The molecule has 168 valence electrons. The third kappa shape index (κ3) is 7.10. The number of hydrogen-bond acceptors (Lipinski definition) is 3. The van der Waals surface area contributed by atoms with Crippen molar-refractivity contribution in [1.29, 1.82) is 0 Å². The van der Waals surface area contributed by atoms with E-state index in [0.717, 1.165) is 18.7 Å². The van der Waals surface area contributed by atoms with Gasteiger partial charge in [0.05, 0.1) is 26.2 Å². The molecule has 0 bridgehead atoms. The molecule has 0 heterocycles. The van der Waals surface area contributed by atoms with Gasteiger partial charge in [0.15, 0.2) is 0 Å². The van der Waals surface area contributed by atoms with Crippen molar-refractivity contribution in [2.45, 2.75) is 32.6 Å². The van der Waals surface area contributed by atoms with E-state index < -0.39 is 0 Å². The van der Waals surface area contributed by atoms with E-state index in [1.807, 2.05) is 55.4 Å². The Morgan fingerprint density at radius 1 is 0.968 bits per heavy atom. The van der Waals surface area contributed by atoms with Crippen LogP contribution in [-0.4, -0.2) is 53.1 Å². The second-order valence-corrected chi connectivity index (χ2v) is 9.47. The first-order chi connectivity index (χ1) is 14.5. The van der Waals surface area contributed by atoms with Gasteiger partial charge in [0.25, 0.3) is 11.8 Å². The molecule has 0 spiro atoms. The molecule has 0 saturated carbocycles. The number of nitrogens with zero attached hydrogens (tertiary/aromatic N) is 1. The van der Waals surface area contributed by atoms with Crippen LogP contribution in [0, 0.1) is 0 Å². The van der Waals surface area contributed by atoms with E-state index in [4.69, 9.17) is 0 Å². The maximum Gasteiger partial charge on any atom is 0.255 e. The second kappa shape index (κ2) is 10.4. The summed E-state index contributed by atoms with van der Waals surface area (Å²) in [7, 11) is 7.98. The Hall–Kier alpha value is -2.86. The molecule has 0 unspecified atom stereocenters. The van der Waals surface area contributed by atoms with Crippen molar-refractivity contribution >= 4 is 23.2 Å². The Morgan fingerprint density at radius 3 is 2.16 bits per heavy atom. The summed E-state index contributed by atoms with van der Waals surface area (Å²) >= 11 is 0. The molecular formula is C25H37N4O2+. The molecular weight excluding hydrogens is 388 g/mol. The molecule has 6 heteroatoms. The molecule has 0 atom stereocenters. The first kappa shape index (κ1) is 24.4. The van der Waals surface area contributed by atoms with Crippen LogP contribution in [0.2, 0.25) is 0 Å². The topological polar surface area (TPSA) is 65.9 Å². The van der Waals surface area contributed by atoms with Gasteiger partial charge in [-0.1, -0.05) is 32.9 Å². The van der Waals surface area contributed by atoms with E-state index in [0.29, 0.717) is 23.4 Å². The summed E-state index contributed by atoms with van der Waals surface area (Å²) in [5, 5.41) is 5.91. The molecule has 2 rings (SSSR count). The maximum absolute atomic E-state index is 12.8. The normalized spacial score (nSPS) is 11.4. The lowest BCUT2D eigenvalue weighted by atomic mass is 9.87. The van der Waals surface area contributed by atoms with Gasteiger partial charge in [-0.05, 0) is 41.3 Å². The SMILES string of the molecule is CN(C)c1ccc(NC(=O)c2ccc(C(C)(C)C)cc2)cc1C(=O)NCCC[NH+](C)C. The number of rotatable bonds is 8. The number of quaternary nitrogens is 1. The van der Waals surface area contributed by atoms with Crippen molar-refractivity contribution in [3.63, 3.8) is 0 Å². The minimum absolute atomic E-state index is 0.0349. The van der Waals surface area contributed by atoms with Gasteiger partial charge in [-0.2, -0.15) is 0 Å². The first-order valence-electron chi connectivity index (χ1n) is 10.8. The highest BCUT2D eigenvalue weighted by atomic mass is 16.2. The Morgan fingerprint density at radius 2 is 1.61 bits per heavy atom. The van der Waals surface area contributed by atoms with E-state index in [1.54, 1.807) is 6.07 Å². The standard InChI is InChI=1S/C25H36N4O2/c1-25(2,3)19-11-9-18(10-12-19)23(30)27-20-13-14-22(29(6)7)21(17-20)24(31)26-15-8-16-28(4)5/h9-14,17H,8,15-16H2,1-7H3,(H,26,31)(H,27,30)/p+1. The molecule has 6 nitrogen and oxygen atoms in total. The van der Waals surface area contributed by atoms with E-state index in [9.17, 15) is 9.59 Å². The van der Waals surface area contributed by atoms with Crippen LogP contribution in [0.15, 0.2) is 42.5 Å². The Kier molecular flexibility index (Phi) is 8.22. The molecule has 2 amide bonds. The number of amides is 2. The third-order valence-corrected chi connectivity index (χ3v) is 5.13. The summed E-state index contributed by atoms with van der Waals surface area (Å²) in [6.45, 7) is 8.03. The smallest absolute Gasteiger partial charge is 0.255 e. The van der Waals surface area contributed by atoms with E-state index in [2.05, 4.69) is 45.5 Å². The molecule has 0 radical (unpaired) electrons. The summed E-state index contributed by atoms with van der Waals surface area (Å²) in [6.07, 6.45) is 0.909. The average molecular weight is 426 g/mol. The monoisotopic (exact) mass is 425 g/mol. The maximum atomic E-state index is 12.8. The zero-order valence-corrected chi connectivity index (χ0v) is 19.9. The van der Waals surface area contributed by atoms with Crippen LogP contribution < -0.4 is 20.4 Å². The van der Waals surface area contributed by atoms with E-state index >= 15 is 0 Å². The fourth-order valence-electron chi connectivity index (χ4n) is 3.25. The molecule has 0 aliphatic carbocycles. The molecule has 3 N–H and O–H groups in total. The van der Waals surface area contributed by atoms with Crippen LogP contribution in [0.25, 0.3) is 0 Å². The lowest BCUT2D eigenvalue weighted by molar-refractivity contribution is -0.858. The summed E-state index contributed by atoms with van der Waals surface area (Å²) in [5.74, 6) is -0.332. The van der Waals surface area contributed by atoms with Crippen LogP contribution in [0.3, 0.4) is 0 Å². The molecule has 0 aromatic heterocycles. The minimum atomic E-state index is -0.196. The fourth-order valence-corrected chi connectivity index (χ4v) is 3.25. The molecule has 2 aromatic carbocycles. The third-order valence-electron chi connectivity index (χ3n) is 5.13. The number of benzene rings is 2. The van der Waals surface area contributed by atoms with Crippen LogP contribution >= 0.6 is 0 Å². The van der Waals surface area contributed by atoms with Crippen molar-refractivity contribution in [2.24, 2.45) is 0 Å². The van der Waals surface area contributed by atoms with Crippen LogP contribution in [-0.2, 0) is 5.41 Å². The van der Waals surface area contributed by atoms with Gasteiger partial charge in [0, 0.05) is 44.0 Å². The van der Waals surface area contributed by atoms with Gasteiger partial charge >= 0.3 is 0 Å². The molecule has 2 aromatic rings. The highest BCUT2D eigenvalue weighted by Gasteiger charge is 2.17. The van der Waals surface area contributed by atoms with Gasteiger partial charge in [-0.3, -0.25) is 9.59 Å². The molecule has 31 heavy (non-hydrogen) atoms. The van der Waals surface area contributed by atoms with Crippen LogP contribution in [0.5, 0.6) is 0 Å². The summed E-state index contributed by atoms with van der Waals surface area (Å²) in [5.41, 5.74) is 3.74. The number of hydrogen-bond donors (Lipinski definition) is 3. The number of anilines is 2. The molecule has 0 aliphatic rings. The molecule has 0 aliphatic heterocycles. The number of carbonyl (C=O) groups is 2. The summed E-state index contributed by atoms with van der Waals surface area (Å²) in [4.78, 5) is 28.8. The number of carbonyl (C=O) groups excluding carboxylic acids is 2. The largest absolute Gasteiger partial charge is 0.377 e. The fraction of sp³-hybridized carbons (Fsp3) is 0.440. The average Bonchev–Trinajstić information content (AvgIpc) is 2.70. The van der Waals surface area contributed by atoms with Gasteiger partial charge in [-0.15, -0.1) is 0 Å². The van der Waals surface area contributed by atoms with Crippen molar-refractivity contribution < 1.29 is 14.5 Å². The van der Waals surface area contributed by atoms with Crippen LogP contribution in [0.1, 0.15) is 53.5 Å². The summed E-state index contributed by atoms with van der Waals surface area (Å²) in [6, 6.07) is 13.1. The Balaban J connectivity index is 2.15. The quantitative estimate of drug-likeness (QED) is 0.570. The predicted molar refractivity (Wildman–Crippen MR) is 128 cm³/mol. The predicted octanol–water partition coefficient (Wildman–Crippen LogP) is 2.57. The highest BCUT2D eigenvalue weighted by molar-refractivity contribution is 6.06. The van der Waals surface area contributed by atoms with E-state index in [1.165, 1.54) is 10.5 Å². The Labute approximate surface area is 186 Å². The van der Waals surface area contributed by atoms with Crippen LogP contribution in [0.4, 0.5) is 11.4 Å². The molecule has 0 fully saturated rings. The molecule has 0 saturated heterocycles. The van der Waals surface area contributed by atoms with Gasteiger partial charge in [-0.25, -0.2) is 0 Å². The van der Waals surface area contributed by atoms with Gasteiger partial charge in [0.1, 0.15) is 0 Å². The van der Waals surface area contributed by atoms with Crippen molar-refractivity contribution in [3.05, 3.63) is 59.2 Å². The van der Waals surface area contributed by atoms with Gasteiger partial charge in [0.2, 0.25) is 0 Å². The number of nitrogens with one attached hydrogen (secondary N) is 3.